The van der Waals surface area contributed by atoms with Gasteiger partial charge in [-0.15, -0.1) is 0 Å². The van der Waals surface area contributed by atoms with E-state index in [4.69, 9.17) is 5.11 Å². The standard InChI is InChI=1S/C15H28N2O3/c1-11(2)13(17-8-5-6-12(17)19)14(20)16-10-15(3,4)7-9-18/h11,13,18H,5-10H2,1-4H3,(H,16,20). The summed E-state index contributed by atoms with van der Waals surface area (Å²) in [5, 5.41) is 11.9. The third-order valence-corrected chi connectivity index (χ3v) is 3.88. The topological polar surface area (TPSA) is 69.6 Å². The molecule has 1 unspecified atom stereocenters. The van der Waals surface area contributed by atoms with E-state index in [-0.39, 0.29) is 35.8 Å². The summed E-state index contributed by atoms with van der Waals surface area (Å²) < 4.78 is 0. The Bertz CT molecular complexity index is 353. The molecular weight excluding hydrogens is 256 g/mol. The zero-order valence-electron chi connectivity index (χ0n) is 13.1. The zero-order chi connectivity index (χ0) is 15.3. The maximum atomic E-state index is 12.4. The Balaban J connectivity index is 2.64. The Morgan fingerprint density at radius 3 is 2.55 bits per heavy atom. The molecule has 0 spiro atoms. The lowest BCUT2D eigenvalue weighted by Crippen LogP contribution is -2.51. The molecule has 5 heteroatoms. The molecule has 2 amide bonds. The van der Waals surface area contributed by atoms with Crippen LogP contribution in [0.25, 0.3) is 0 Å². The second-order valence-corrected chi connectivity index (χ2v) is 6.74. The number of rotatable bonds is 7. The number of amides is 2. The van der Waals surface area contributed by atoms with Crippen LogP contribution in [0.3, 0.4) is 0 Å². The van der Waals surface area contributed by atoms with Crippen LogP contribution in [0.4, 0.5) is 0 Å². The molecule has 1 fully saturated rings. The van der Waals surface area contributed by atoms with Crippen molar-refractivity contribution in [3.8, 4) is 0 Å². The number of hydrogen-bond donors (Lipinski definition) is 2. The van der Waals surface area contributed by atoms with E-state index in [1.165, 1.54) is 0 Å². The number of hydrogen-bond acceptors (Lipinski definition) is 3. The van der Waals surface area contributed by atoms with Crippen LogP contribution in [0.5, 0.6) is 0 Å². The molecule has 0 bridgehead atoms. The maximum absolute atomic E-state index is 12.4. The molecule has 1 aliphatic rings. The van der Waals surface area contributed by atoms with Crippen LogP contribution in [-0.2, 0) is 9.59 Å². The molecule has 0 saturated carbocycles. The van der Waals surface area contributed by atoms with Gasteiger partial charge in [0.25, 0.3) is 0 Å². The Kier molecular flexibility index (Phi) is 5.99. The van der Waals surface area contributed by atoms with Gasteiger partial charge in [0, 0.05) is 26.1 Å². The number of carbonyl (C=O) groups is 2. The minimum absolute atomic E-state index is 0.0773. The van der Waals surface area contributed by atoms with Gasteiger partial charge in [0.1, 0.15) is 6.04 Å². The number of nitrogens with one attached hydrogen (secondary N) is 1. The molecule has 0 aromatic carbocycles. The van der Waals surface area contributed by atoms with Gasteiger partial charge in [-0.05, 0) is 24.2 Å². The van der Waals surface area contributed by atoms with E-state index in [9.17, 15) is 9.59 Å². The Morgan fingerprint density at radius 1 is 1.45 bits per heavy atom. The number of nitrogens with zero attached hydrogens (tertiary/aromatic N) is 1. The maximum Gasteiger partial charge on any atom is 0.243 e. The highest BCUT2D eigenvalue weighted by molar-refractivity contribution is 5.88. The predicted molar refractivity (Wildman–Crippen MR) is 78.1 cm³/mol. The Morgan fingerprint density at radius 2 is 2.10 bits per heavy atom. The molecule has 1 saturated heterocycles. The highest BCUT2D eigenvalue weighted by atomic mass is 16.3. The van der Waals surface area contributed by atoms with Crippen LogP contribution in [0, 0.1) is 11.3 Å². The SMILES string of the molecule is CC(C)C(C(=O)NCC(C)(C)CCO)N1CCCC1=O. The first-order chi connectivity index (χ1) is 9.28. The third kappa shape index (κ3) is 4.47. The van der Waals surface area contributed by atoms with Gasteiger partial charge >= 0.3 is 0 Å². The average Bonchev–Trinajstić information content (AvgIpc) is 2.73. The van der Waals surface area contributed by atoms with E-state index in [1.54, 1.807) is 4.90 Å². The lowest BCUT2D eigenvalue weighted by atomic mass is 9.89. The summed E-state index contributed by atoms with van der Waals surface area (Å²) >= 11 is 0. The minimum Gasteiger partial charge on any atom is -0.396 e. The van der Waals surface area contributed by atoms with Crippen molar-refractivity contribution in [1.82, 2.24) is 10.2 Å². The quantitative estimate of drug-likeness (QED) is 0.737. The van der Waals surface area contributed by atoms with Crippen molar-refractivity contribution in [3.05, 3.63) is 0 Å². The van der Waals surface area contributed by atoms with Gasteiger partial charge in [0.2, 0.25) is 11.8 Å². The average molecular weight is 284 g/mol. The molecule has 0 aromatic heterocycles. The molecule has 1 aliphatic heterocycles. The molecule has 116 valence electrons. The van der Waals surface area contributed by atoms with Crippen molar-refractivity contribution in [2.75, 3.05) is 19.7 Å². The summed E-state index contributed by atoms with van der Waals surface area (Å²) in [6.45, 7) is 9.25. The first-order valence-electron chi connectivity index (χ1n) is 7.46. The Hall–Kier alpha value is -1.10. The second-order valence-electron chi connectivity index (χ2n) is 6.74. The summed E-state index contributed by atoms with van der Waals surface area (Å²) in [6, 6.07) is -0.380. The molecule has 1 rings (SSSR count). The summed E-state index contributed by atoms with van der Waals surface area (Å²) in [5.41, 5.74) is -0.138. The van der Waals surface area contributed by atoms with Gasteiger partial charge in [-0.1, -0.05) is 27.7 Å². The lowest BCUT2D eigenvalue weighted by Gasteiger charge is -2.31. The predicted octanol–water partition coefficient (Wildman–Crippen LogP) is 1.16. The van der Waals surface area contributed by atoms with Gasteiger partial charge in [-0.3, -0.25) is 9.59 Å². The largest absolute Gasteiger partial charge is 0.396 e. The van der Waals surface area contributed by atoms with Crippen LogP contribution < -0.4 is 5.32 Å². The summed E-state index contributed by atoms with van der Waals surface area (Å²) in [5.74, 6) is 0.0905. The first-order valence-corrected chi connectivity index (χ1v) is 7.46. The van der Waals surface area contributed by atoms with Crippen molar-refractivity contribution in [2.24, 2.45) is 11.3 Å². The molecule has 0 aliphatic carbocycles. The molecule has 2 N–H and O–H groups in total. The van der Waals surface area contributed by atoms with Crippen molar-refractivity contribution < 1.29 is 14.7 Å². The van der Waals surface area contributed by atoms with Crippen LogP contribution in [-0.4, -0.2) is 47.6 Å². The van der Waals surface area contributed by atoms with Crippen molar-refractivity contribution >= 4 is 11.8 Å². The van der Waals surface area contributed by atoms with E-state index in [0.717, 1.165) is 6.42 Å². The smallest absolute Gasteiger partial charge is 0.243 e. The van der Waals surface area contributed by atoms with Gasteiger partial charge in [-0.2, -0.15) is 0 Å². The molecule has 20 heavy (non-hydrogen) atoms. The summed E-state index contributed by atoms with van der Waals surface area (Å²) in [4.78, 5) is 25.9. The van der Waals surface area contributed by atoms with Gasteiger partial charge < -0.3 is 15.3 Å². The fourth-order valence-corrected chi connectivity index (χ4v) is 2.59. The van der Waals surface area contributed by atoms with E-state index in [1.807, 2.05) is 27.7 Å². The van der Waals surface area contributed by atoms with Crippen molar-refractivity contribution in [2.45, 2.75) is 53.0 Å². The molecule has 1 atom stereocenters. The van der Waals surface area contributed by atoms with E-state index >= 15 is 0 Å². The molecule has 5 nitrogen and oxygen atoms in total. The number of likely N-dealkylation sites (tertiary alicyclic amines) is 1. The summed E-state index contributed by atoms with van der Waals surface area (Å²) in [7, 11) is 0. The van der Waals surface area contributed by atoms with Crippen LogP contribution in [0.15, 0.2) is 0 Å². The fourth-order valence-electron chi connectivity index (χ4n) is 2.59. The highest BCUT2D eigenvalue weighted by Crippen LogP contribution is 2.21. The molecular formula is C15H28N2O3. The lowest BCUT2D eigenvalue weighted by molar-refractivity contribution is -0.139. The van der Waals surface area contributed by atoms with Crippen LogP contribution in [0.1, 0.15) is 47.0 Å². The molecule has 1 heterocycles. The third-order valence-electron chi connectivity index (χ3n) is 3.88. The van der Waals surface area contributed by atoms with E-state index in [0.29, 0.717) is 25.9 Å². The van der Waals surface area contributed by atoms with Gasteiger partial charge in [0.05, 0.1) is 0 Å². The van der Waals surface area contributed by atoms with Gasteiger partial charge in [0.15, 0.2) is 0 Å². The first kappa shape index (κ1) is 17.0. The monoisotopic (exact) mass is 284 g/mol. The van der Waals surface area contributed by atoms with E-state index in [2.05, 4.69) is 5.32 Å². The minimum atomic E-state index is -0.380. The van der Waals surface area contributed by atoms with Crippen molar-refractivity contribution in [1.29, 1.82) is 0 Å². The van der Waals surface area contributed by atoms with Crippen LogP contribution in [0.2, 0.25) is 0 Å². The molecule has 0 aromatic rings. The van der Waals surface area contributed by atoms with Crippen LogP contribution >= 0.6 is 0 Å². The zero-order valence-corrected chi connectivity index (χ0v) is 13.1. The number of carbonyl (C=O) groups excluding carboxylic acids is 2. The van der Waals surface area contributed by atoms with Gasteiger partial charge in [-0.25, -0.2) is 0 Å². The highest BCUT2D eigenvalue weighted by Gasteiger charge is 2.35. The summed E-state index contributed by atoms with van der Waals surface area (Å²) in [6.07, 6.45) is 2.03. The number of aliphatic hydroxyl groups is 1. The fraction of sp³-hybridized carbons (Fsp3) is 0.867. The number of aliphatic hydroxyl groups excluding tert-OH is 1. The Labute approximate surface area is 121 Å². The normalized spacial score (nSPS) is 17.7. The van der Waals surface area contributed by atoms with E-state index < -0.39 is 0 Å². The van der Waals surface area contributed by atoms with Crippen molar-refractivity contribution in [3.63, 3.8) is 0 Å². The second kappa shape index (κ2) is 7.07. The molecule has 0 radical (unpaired) electrons.